The quantitative estimate of drug-likeness (QED) is 0.458. The van der Waals surface area contributed by atoms with Gasteiger partial charge in [0.1, 0.15) is 4.87 Å². The minimum absolute atomic E-state index is 0.162. The van der Waals surface area contributed by atoms with E-state index in [0.717, 1.165) is 38.5 Å². The van der Waals surface area contributed by atoms with E-state index < -0.39 is 0 Å². The van der Waals surface area contributed by atoms with E-state index in [1.165, 1.54) is 32.1 Å². The van der Waals surface area contributed by atoms with Crippen molar-refractivity contribution in [1.82, 2.24) is 5.32 Å². The first kappa shape index (κ1) is 23.6. The zero-order chi connectivity index (χ0) is 21.2. The number of nitrogens with one attached hydrogen (secondary N) is 1. The molecule has 8 heteroatoms. The predicted octanol–water partition coefficient (Wildman–Crippen LogP) is 7.69. The number of azo groups is 1. The summed E-state index contributed by atoms with van der Waals surface area (Å²) in [5.41, 5.74) is 0.614. The molecule has 5 nitrogen and oxygen atoms in total. The number of amides is 1. The molecule has 1 unspecified atom stereocenters. The number of halogens is 2. The third-order valence-corrected chi connectivity index (χ3v) is 7.29. The van der Waals surface area contributed by atoms with Crippen LogP contribution >= 0.6 is 35.0 Å². The lowest BCUT2D eigenvalue weighted by molar-refractivity contribution is -0.121. The van der Waals surface area contributed by atoms with Gasteiger partial charge in [0.2, 0.25) is 11.1 Å². The smallest absolute Gasteiger partial charge is 0.219 e. The molecule has 0 bridgehead atoms. The molecule has 164 valence electrons. The van der Waals surface area contributed by atoms with Crippen molar-refractivity contribution >= 4 is 51.7 Å². The van der Waals surface area contributed by atoms with E-state index in [0.29, 0.717) is 33.9 Å². The molecule has 1 aromatic rings. The van der Waals surface area contributed by atoms with Crippen LogP contribution < -0.4 is 5.32 Å². The summed E-state index contributed by atoms with van der Waals surface area (Å²) >= 11 is 13.9. The number of amidine groups is 1. The molecule has 1 fully saturated rings. The lowest BCUT2D eigenvalue weighted by atomic mass is 10.0. The molecule has 0 aliphatic carbocycles. The third-order valence-electron chi connectivity index (χ3n) is 5.51. The molecule has 2 heterocycles. The molecule has 0 aromatic heterocycles. The number of hydrogen-bond donors (Lipinski definition) is 1. The minimum Gasteiger partial charge on any atom is -0.356 e. The van der Waals surface area contributed by atoms with Gasteiger partial charge >= 0.3 is 0 Å². The molecule has 2 aliphatic rings. The second-order valence-electron chi connectivity index (χ2n) is 8.02. The third kappa shape index (κ3) is 7.54. The Kier molecular flexibility index (Phi) is 9.47. The molecular weight excluding hydrogens is 439 g/mol. The first-order valence-electron chi connectivity index (χ1n) is 11.0. The van der Waals surface area contributed by atoms with Crippen molar-refractivity contribution in [2.24, 2.45) is 15.2 Å². The highest BCUT2D eigenvalue weighted by atomic mass is 35.5. The molecular formula is C22H30Cl2N4OS. The van der Waals surface area contributed by atoms with Crippen molar-refractivity contribution in [2.45, 2.75) is 81.9 Å². The van der Waals surface area contributed by atoms with Gasteiger partial charge in [-0.2, -0.15) is 5.11 Å². The summed E-state index contributed by atoms with van der Waals surface area (Å²) in [5, 5.41) is 13.8. The van der Waals surface area contributed by atoms with Crippen molar-refractivity contribution in [2.75, 3.05) is 6.54 Å². The summed E-state index contributed by atoms with van der Waals surface area (Å²) in [5.74, 6) is 0.162. The van der Waals surface area contributed by atoms with E-state index >= 15 is 0 Å². The molecule has 30 heavy (non-hydrogen) atoms. The van der Waals surface area contributed by atoms with Crippen LogP contribution in [-0.2, 0) is 4.79 Å². The number of aliphatic imine (C=N–C) groups is 1. The summed E-state index contributed by atoms with van der Waals surface area (Å²) in [6.45, 7) is 0.684. The van der Waals surface area contributed by atoms with Crippen LogP contribution in [0.4, 0.5) is 5.69 Å². The monoisotopic (exact) mass is 468 g/mol. The fourth-order valence-corrected chi connectivity index (χ4v) is 5.29. The average molecular weight is 469 g/mol. The summed E-state index contributed by atoms with van der Waals surface area (Å²) < 4.78 is 0. The van der Waals surface area contributed by atoms with Crippen LogP contribution in [0.1, 0.15) is 77.0 Å². The number of thioether (sulfide) groups is 1. The molecule has 1 aromatic carbocycles. The van der Waals surface area contributed by atoms with E-state index in [9.17, 15) is 4.79 Å². The van der Waals surface area contributed by atoms with Gasteiger partial charge in [-0.1, -0.05) is 79.9 Å². The highest BCUT2D eigenvalue weighted by Gasteiger charge is 2.36. The SMILES string of the molecule is O=C1CCCCCCCCCCC2(CCCN1)N=NC(=Nc1cc(Cl)ccc1Cl)S2. The molecule has 0 radical (unpaired) electrons. The van der Waals surface area contributed by atoms with E-state index in [4.69, 9.17) is 23.2 Å². The van der Waals surface area contributed by atoms with Gasteiger partial charge in [0.05, 0.1) is 10.7 Å². The number of carbonyl (C=O) groups excluding carboxylic acids is 1. The zero-order valence-electron chi connectivity index (χ0n) is 17.3. The lowest BCUT2D eigenvalue weighted by Gasteiger charge is -2.23. The van der Waals surface area contributed by atoms with Crippen molar-refractivity contribution in [3.05, 3.63) is 28.2 Å². The Bertz CT molecular complexity index is 786. The van der Waals surface area contributed by atoms with Gasteiger partial charge in [-0.05, 0) is 43.9 Å². The van der Waals surface area contributed by atoms with E-state index in [2.05, 4.69) is 20.5 Å². The van der Waals surface area contributed by atoms with Crippen LogP contribution in [-0.4, -0.2) is 22.5 Å². The molecule has 1 N–H and O–H groups in total. The first-order valence-corrected chi connectivity index (χ1v) is 12.6. The van der Waals surface area contributed by atoms with Crippen LogP contribution in [0.15, 0.2) is 33.4 Å². The summed E-state index contributed by atoms with van der Waals surface area (Å²) in [4.78, 5) is 16.3. The molecule has 1 spiro atoms. The summed E-state index contributed by atoms with van der Waals surface area (Å²) in [7, 11) is 0. The second kappa shape index (κ2) is 12.1. The zero-order valence-corrected chi connectivity index (χ0v) is 19.7. The van der Waals surface area contributed by atoms with Gasteiger partial charge in [0, 0.05) is 18.0 Å². The molecule has 3 rings (SSSR count). The van der Waals surface area contributed by atoms with Gasteiger partial charge < -0.3 is 5.32 Å². The largest absolute Gasteiger partial charge is 0.356 e. The van der Waals surface area contributed by atoms with E-state index in [1.807, 2.05) is 0 Å². The fourth-order valence-electron chi connectivity index (χ4n) is 3.82. The summed E-state index contributed by atoms with van der Waals surface area (Å²) in [6, 6.07) is 5.23. The van der Waals surface area contributed by atoms with Crippen molar-refractivity contribution in [3.63, 3.8) is 0 Å². The Labute approximate surface area is 193 Å². The molecule has 0 saturated carbocycles. The van der Waals surface area contributed by atoms with Gasteiger partial charge in [-0.3, -0.25) is 4.79 Å². The maximum absolute atomic E-state index is 12.0. The van der Waals surface area contributed by atoms with Gasteiger partial charge in [0.15, 0.2) is 0 Å². The van der Waals surface area contributed by atoms with Crippen LogP contribution in [0, 0.1) is 0 Å². The minimum atomic E-state index is -0.300. The predicted molar refractivity (Wildman–Crippen MR) is 127 cm³/mol. The molecule has 1 atom stereocenters. The Morgan fingerprint density at radius 2 is 1.67 bits per heavy atom. The van der Waals surface area contributed by atoms with Crippen LogP contribution in [0.2, 0.25) is 10.0 Å². The van der Waals surface area contributed by atoms with Crippen LogP contribution in [0.25, 0.3) is 0 Å². The number of rotatable bonds is 1. The highest BCUT2D eigenvalue weighted by molar-refractivity contribution is 8.15. The van der Waals surface area contributed by atoms with Crippen LogP contribution in [0.5, 0.6) is 0 Å². The highest BCUT2D eigenvalue weighted by Crippen LogP contribution is 2.44. The van der Waals surface area contributed by atoms with E-state index in [1.54, 1.807) is 30.0 Å². The van der Waals surface area contributed by atoms with Crippen LogP contribution in [0.3, 0.4) is 0 Å². The van der Waals surface area contributed by atoms with Crippen molar-refractivity contribution < 1.29 is 4.79 Å². The van der Waals surface area contributed by atoms with Gasteiger partial charge in [-0.15, -0.1) is 5.11 Å². The number of nitrogens with zero attached hydrogens (tertiary/aromatic N) is 3. The van der Waals surface area contributed by atoms with Gasteiger partial charge in [-0.25, -0.2) is 4.99 Å². The number of carbonyl (C=O) groups is 1. The normalized spacial score (nSPS) is 26.2. The maximum atomic E-state index is 12.0. The molecule has 1 amide bonds. The number of benzene rings is 1. The Morgan fingerprint density at radius 3 is 2.47 bits per heavy atom. The standard InChI is InChI=1S/C22H30Cl2N4OS/c23-17-11-12-18(24)19(16-17)26-21-27-28-22(30-21)13-8-6-4-2-1-3-5-7-10-20(29)25-15-9-14-22/h11-12,16H,1-10,13-15H2,(H,25,29). The van der Waals surface area contributed by atoms with Crippen molar-refractivity contribution in [3.8, 4) is 0 Å². The second-order valence-corrected chi connectivity index (χ2v) is 10.2. The summed E-state index contributed by atoms with van der Waals surface area (Å²) in [6.07, 6.45) is 12.9. The Hall–Kier alpha value is -1.11. The fraction of sp³-hybridized carbons (Fsp3) is 0.636. The number of hydrogen-bond acceptors (Lipinski definition) is 4. The Balaban J connectivity index is 1.64. The first-order chi connectivity index (χ1) is 14.6. The maximum Gasteiger partial charge on any atom is 0.219 e. The van der Waals surface area contributed by atoms with Gasteiger partial charge in [0.25, 0.3) is 0 Å². The van der Waals surface area contributed by atoms with Crippen molar-refractivity contribution in [1.29, 1.82) is 0 Å². The molecule has 2 aliphatic heterocycles. The van der Waals surface area contributed by atoms with E-state index in [-0.39, 0.29) is 10.8 Å². The molecule has 1 saturated heterocycles. The lowest BCUT2D eigenvalue weighted by Crippen LogP contribution is -2.27. The topological polar surface area (TPSA) is 66.2 Å². The Morgan fingerprint density at radius 1 is 0.967 bits per heavy atom. The average Bonchev–Trinajstić information content (AvgIpc) is 3.12.